The Kier molecular flexibility index (Phi) is 7.23. The van der Waals surface area contributed by atoms with Gasteiger partial charge in [-0.15, -0.1) is 11.3 Å². The summed E-state index contributed by atoms with van der Waals surface area (Å²) >= 11 is 1.50. The van der Waals surface area contributed by atoms with Crippen LogP contribution in [0.4, 0.5) is 0 Å². The zero-order chi connectivity index (χ0) is 25.1. The van der Waals surface area contributed by atoms with Gasteiger partial charge in [-0.05, 0) is 91.8 Å². The van der Waals surface area contributed by atoms with Crippen LogP contribution in [0.2, 0.25) is 0 Å². The van der Waals surface area contributed by atoms with Crippen molar-refractivity contribution in [3.05, 3.63) is 64.5 Å². The second-order valence-corrected chi connectivity index (χ2v) is 10.7. The Morgan fingerprint density at radius 3 is 2.22 bits per heavy atom. The SMILES string of the molecule is O=C(NCCNC(=O)c1cc2ccc(C3CC3)cc2s1)c1ccc(O[C@H]2CC[C@@H](C(=O)O)CC2)cc1. The van der Waals surface area contributed by atoms with Crippen LogP contribution in [0.3, 0.4) is 0 Å². The summed E-state index contributed by atoms with van der Waals surface area (Å²) in [6, 6.07) is 15.3. The van der Waals surface area contributed by atoms with Crippen LogP contribution in [0, 0.1) is 5.92 Å². The topological polar surface area (TPSA) is 105 Å². The fourth-order valence-electron chi connectivity index (χ4n) is 4.68. The molecular weight excluding hydrogens is 476 g/mol. The number of hydrogen-bond acceptors (Lipinski definition) is 5. The first-order valence-electron chi connectivity index (χ1n) is 12.6. The van der Waals surface area contributed by atoms with Crippen molar-refractivity contribution >= 4 is 39.2 Å². The Balaban J connectivity index is 1.04. The summed E-state index contributed by atoms with van der Waals surface area (Å²) in [6.07, 6.45) is 5.20. The highest BCUT2D eigenvalue weighted by molar-refractivity contribution is 7.20. The molecule has 0 atom stereocenters. The molecule has 0 radical (unpaired) electrons. The van der Waals surface area contributed by atoms with Gasteiger partial charge in [0.1, 0.15) is 5.75 Å². The molecule has 188 valence electrons. The number of aliphatic carboxylic acids is 1. The summed E-state index contributed by atoms with van der Waals surface area (Å²) in [5.74, 6) is 0.0119. The Labute approximate surface area is 213 Å². The van der Waals surface area contributed by atoms with Gasteiger partial charge in [-0.1, -0.05) is 12.1 Å². The van der Waals surface area contributed by atoms with Crippen molar-refractivity contribution in [3.8, 4) is 5.75 Å². The van der Waals surface area contributed by atoms with E-state index in [1.165, 1.54) is 29.7 Å². The smallest absolute Gasteiger partial charge is 0.306 e. The molecule has 8 heteroatoms. The van der Waals surface area contributed by atoms with E-state index in [0.717, 1.165) is 10.1 Å². The molecule has 1 heterocycles. The maximum atomic E-state index is 12.6. The number of carboxylic acids is 1. The number of thiophene rings is 1. The van der Waals surface area contributed by atoms with Crippen molar-refractivity contribution in [1.82, 2.24) is 10.6 Å². The van der Waals surface area contributed by atoms with Crippen molar-refractivity contribution in [2.75, 3.05) is 13.1 Å². The third kappa shape index (κ3) is 5.87. The van der Waals surface area contributed by atoms with Crippen molar-refractivity contribution in [2.24, 2.45) is 5.92 Å². The van der Waals surface area contributed by atoms with E-state index < -0.39 is 5.97 Å². The van der Waals surface area contributed by atoms with Crippen LogP contribution in [0.25, 0.3) is 10.1 Å². The Hall–Kier alpha value is -3.39. The van der Waals surface area contributed by atoms with Crippen LogP contribution in [-0.2, 0) is 4.79 Å². The summed E-state index contributed by atoms with van der Waals surface area (Å²) < 4.78 is 7.09. The molecule has 2 fully saturated rings. The quantitative estimate of drug-likeness (QED) is 0.356. The van der Waals surface area contributed by atoms with E-state index in [1.807, 2.05) is 6.07 Å². The average molecular weight is 507 g/mol. The number of ether oxygens (including phenoxy) is 1. The Morgan fingerprint density at radius 1 is 0.861 bits per heavy atom. The van der Waals surface area contributed by atoms with E-state index in [9.17, 15) is 14.4 Å². The van der Waals surface area contributed by atoms with Crippen LogP contribution in [0.15, 0.2) is 48.5 Å². The van der Waals surface area contributed by atoms with E-state index in [1.54, 1.807) is 24.3 Å². The fraction of sp³-hybridized carbons (Fsp3) is 0.393. The first-order valence-corrected chi connectivity index (χ1v) is 13.4. The lowest BCUT2D eigenvalue weighted by atomic mass is 9.87. The number of carbonyl (C=O) groups excluding carboxylic acids is 2. The van der Waals surface area contributed by atoms with Crippen molar-refractivity contribution in [2.45, 2.75) is 50.5 Å². The number of fused-ring (bicyclic) bond motifs is 1. The minimum atomic E-state index is -0.731. The highest BCUT2D eigenvalue weighted by Crippen LogP contribution is 2.41. The van der Waals surface area contributed by atoms with Crippen molar-refractivity contribution in [3.63, 3.8) is 0 Å². The maximum absolute atomic E-state index is 12.6. The number of rotatable bonds is 9. The summed E-state index contributed by atoms with van der Waals surface area (Å²) in [6.45, 7) is 0.665. The van der Waals surface area contributed by atoms with E-state index in [0.29, 0.717) is 60.9 Å². The summed E-state index contributed by atoms with van der Waals surface area (Å²) in [4.78, 5) is 36.8. The molecule has 0 unspecified atom stereocenters. The molecule has 36 heavy (non-hydrogen) atoms. The van der Waals surface area contributed by atoms with E-state index in [2.05, 4.69) is 28.8 Å². The van der Waals surface area contributed by atoms with E-state index in [-0.39, 0.29) is 23.8 Å². The number of carboxylic acid groups (broad SMARTS) is 1. The molecular formula is C28H30N2O5S. The van der Waals surface area contributed by atoms with Gasteiger partial charge in [0.2, 0.25) is 0 Å². The highest BCUT2D eigenvalue weighted by Gasteiger charge is 2.27. The number of carbonyl (C=O) groups is 3. The highest BCUT2D eigenvalue weighted by atomic mass is 32.1. The number of benzene rings is 2. The molecule has 2 aliphatic rings. The van der Waals surface area contributed by atoms with Crippen molar-refractivity contribution in [1.29, 1.82) is 0 Å². The molecule has 0 saturated heterocycles. The molecule has 0 bridgehead atoms. The summed E-state index contributed by atoms with van der Waals surface area (Å²) in [7, 11) is 0. The predicted molar refractivity (Wildman–Crippen MR) is 139 cm³/mol. The normalized spacial score (nSPS) is 19.6. The van der Waals surface area contributed by atoms with Gasteiger partial charge in [-0.25, -0.2) is 0 Å². The van der Waals surface area contributed by atoms with Crippen molar-refractivity contribution < 1.29 is 24.2 Å². The van der Waals surface area contributed by atoms with E-state index >= 15 is 0 Å². The fourth-order valence-corrected chi connectivity index (χ4v) is 5.70. The molecule has 0 aliphatic heterocycles. The molecule has 2 amide bonds. The second-order valence-electron chi connectivity index (χ2n) is 9.65. The van der Waals surface area contributed by atoms with Gasteiger partial charge in [-0.3, -0.25) is 14.4 Å². The zero-order valence-electron chi connectivity index (χ0n) is 20.0. The third-order valence-electron chi connectivity index (χ3n) is 6.96. The first-order chi connectivity index (χ1) is 17.5. The Bertz CT molecular complexity index is 1260. The number of nitrogens with one attached hydrogen (secondary N) is 2. The average Bonchev–Trinajstić information content (AvgIpc) is 3.65. The molecule has 1 aromatic heterocycles. The largest absolute Gasteiger partial charge is 0.490 e. The molecule has 5 rings (SSSR count). The van der Waals surface area contributed by atoms with Gasteiger partial charge in [0.15, 0.2) is 0 Å². The third-order valence-corrected chi connectivity index (χ3v) is 8.05. The minimum Gasteiger partial charge on any atom is -0.490 e. The molecule has 2 aromatic carbocycles. The van der Waals surface area contributed by atoms with Gasteiger partial charge < -0.3 is 20.5 Å². The first kappa shape index (κ1) is 24.3. The molecule has 2 aliphatic carbocycles. The Morgan fingerprint density at radius 2 is 1.56 bits per heavy atom. The monoisotopic (exact) mass is 506 g/mol. The lowest BCUT2D eigenvalue weighted by Gasteiger charge is -2.26. The maximum Gasteiger partial charge on any atom is 0.306 e. The van der Waals surface area contributed by atoms with Crippen LogP contribution in [0.5, 0.6) is 5.75 Å². The predicted octanol–water partition coefficient (Wildman–Crippen LogP) is 4.96. The lowest BCUT2D eigenvalue weighted by molar-refractivity contribution is -0.143. The molecule has 3 N–H and O–H groups in total. The van der Waals surface area contributed by atoms with Gasteiger partial charge in [-0.2, -0.15) is 0 Å². The molecule has 2 saturated carbocycles. The van der Waals surface area contributed by atoms with Crippen LogP contribution < -0.4 is 15.4 Å². The standard InChI is InChI=1S/C28H30N2O5S/c31-26(18-5-9-22(10-6-18)35-23-11-7-19(8-12-23)28(33)34)29-13-14-30-27(32)25-16-21-4-3-20(17-1-2-17)15-24(21)36-25/h3-6,9-10,15-17,19,23H,1-2,7-8,11-14H2,(H,29,31)(H,30,32)(H,33,34)/t19-,23+. The van der Waals surface area contributed by atoms with Gasteiger partial charge in [0, 0.05) is 23.4 Å². The number of amides is 2. The number of hydrogen-bond donors (Lipinski definition) is 3. The van der Waals surface area contributed by atoms with Crippen LogP contribution in [0.1, 0.15) is 70.0 Å². The molecule has 0 spiro atoms. The van der Waals surface area contributed by atoms with Crippen LogP contribution in [-0.4, -0.2) is 42.1 Å². The molecule has 7 nitrogen and oxygen atoms in total. The van der Waals surface area contributed by atoms with Gasteiger partial charge >= 0.3 is 5.97 Å². The van der Waals surface area contributed by atoms with Gasteiger partial charge in [0.05, 0.1) is 16.9 Å². The second kappa shape index (κ2) is 10.7. The van der Waals surface area contributed by atoms with E-state index in [4.69, 9.17) is 9.84 Å². The summed E-state index contributed by atoms with van der Waals surface area (Å²) in [5, 5.41) is 15.9. The zero-order valence-corrected chi connectivity index (χ0v) is 20.8. The minimum absolute atomic E-state index is 0.00470. The molecule has 3 aromatic rings. The summed E-state index contributed by atoms with van der Waals surface area (Å²) in [5.41, 5.74) is 1.88. The van der Waals surface area contributed by atoms with Crippen LogP contribution >= 0.6 is 11.3 Å². The van der Waals surface area contributed by atoms with Gasteiger partial charge in [0.25, 0.3) is 11.8 Å². The lowest BCUT2D eigenvalue weighted by Crippen LogP contribution is -2.34.